The number of nitriles is 1. The Bertz CT molecular complexity index is 2230. The topological polar surface area (TPSA) is 153 Å². The molecule has 5 aliphatic rings. The second-order valence-electron chi connectivity index (χ2n) is 16.3. The first kappa shape index (κ1) is 40.1. The van der Waals surface area contributed by atoms with E-state index in [4.69, 9.17) is 11.6 Å². The van der Waals surface area contributed by atoms with Gasteiger partial charge in [0.1, 0.15) is 17.9 Å². The highest BCUT2D eigenvalue weighted by atomic mass is 35.5. The number of nitrogens with one attached hydrogen (secondary N) is 2. The van der Waals surface area contributed by atoms with E-state index in [1.54, 1.807) is 41.3 Å². The molecule has 0 aromatic heterocycles. The Labute approximate surface area is 347 Å². The van der Waals surface area contributed by atoms with Crippen molar-refractivity contribution >= 4 is 64.0 Å². The number of rotatable bonds is 7. The van der Waals surface area contributed by atoms with Crippen LogP contribution in [-0.4, -0.2) is 121 Å². The van der Waals surface area contributed by atoms with Crippen molar-refractivity contribution in [2.45, 2.75) is 57.7 Å². The van der Waals surface area contributed by atoms with Crippen molar-refractivity contribution in [2.24, 2.45) is 5.92 Å². The molecule has 16 heteroatoms. The van der Waals surface area contributed by atoms with Crippen LogP contribution in [0.1, 0.15) is 65.8 Å². The molecule has 14 nitrogen and oxygen atoms in total. The summed E-state index contributed by atoms with van der Waals surface area (Å²) in [6.07, 6.45) is 2.06. The van der Waals surface area contributed by atoms with Crippen LogP contribution >= 0.6 is 11.6 Å². The van der Waals surface area contributed by atoms with Crippen molar-refractivity contribution in [1.29, 1.82) is 5.26 Å². The first-order chi connectivity index (χ1) is 28.4. The van der Waals surface area contributed by atoms with Crippen molar-refractivity contribution in [3.8, 4) is 6.07 Å². The monoisotopic (exact) mass is 823 g/mol. The van der Waals surface area contributed by atoms with Gasteiger partial charge in [-0.25, -0.2) is 9.18 Å². The number of piperazine rings is 2. The number of imide groups is 2. The van der Waals surface area contributed by atoms with E-state index in [0.29, 0.717) is 41.0 Å². The van der Waals surface area contributed by atoms with Crippen LogP contribution in [-0.2, 0) is 9.59 Å². The molecule has 0 radical (unpaired) electrons. The van der Waals surface area contributed by atoms with Gasteiger partial charge < -0.3 is 24.9 Å². The summed E-state index contributed by atoms with van der Waals surface area (Å²) < 4.78 is 15.6. The van der Waals surface area contributed by atoms with Gasteiger partial charge in [0.05, 0.1) is 27.4 Å². The highest BCUT2D eigenvalue weighted by Gasteiger charge is 2.45. The zero-order valence-electron chi connectivity index (χ0n) is 33.1. The Kier molecular flexibility index (Phi) is 11.2. The summed E-state index contributed by atoms with van der Waals surface area (Å²) >= 11 is 6.29. The lowest BCUT2D eigenvalue weighted by atomic mass is 9.95. The smallest absolute Gasteiger partial charge is 0.322 e. The number of piperidine rings is 2. The maximum Gasteiger partial charge on any atom is 0.322 e. The van der Waals surface area contributed by atoms with E-state index in [9.17, 15) is 29.2 Å². The molecule has 308 valence electrons. The molecule has 1 unspecified atom stereocenters. The Morgan fingerprint density at radius 1 is 0.847 bits per heavy atom. The SMILES string of the molecule is C[C@@H]1CN(c2ccc(C#N)c(Cl)c2)[C@@H](C)CN1C(=O)Nc1ccc(N2CCC(CN3CCN(c4ccc5c(c4)C(=O)N(C4CCC(=O)NC4=O)C5=O)CC3)CC2)c(F)c1. The van der Waals surface area contributed by atoms with Gasteiger partial charge in [-0.05, 0) is 93.6 Å². The Hall–Kier alpha value is -5.72. The van der Waals surface area contributed by atoms with Crippen LogP contribution in [0.2, 0.25) is 5.02 Å². The summed E-state index contributed by atoms with van der Waals surface area (Å²) in [6, 6.07) is 16.2. The number of carbonyl (C=O) groups excluding carboxylic acids is 5. The molecule has 6 amide bonds. The third-order valence-electron chi connectivity index (χ3n) is 12.5. The van der Waals surface area contributed by atoms with Crippen LogP contribution in [0.5, 0.6) is 0 Å². The van der Waals surface area contributed by atoms with Crippen molar-refractivity contribution in [3.63, 3.8) is 0 Å². The first-order valence-electron chi connectivity index (χ1n) is 20.3. The third kappa shape index (κ3) is 8.03. The summed E-state index contributed by atoms with van der Waals surface area (Å²) in [5.41, 5.74) is 3.65. The molecule has 5 aliphatic heterocycles. The summed E-state index contributed by atoms with van der Waals surface area (Å²) in [5.74, 6) is -1.94. The van der Waals surface area contributed by atoms with E-state index in [1.165, 1.54) is 6.07 Å². The van der Waals surface area contributed by atoms with Gasteiger partial charge in [-0.3, -0.25) is 34.3 Å². The van der Waals surface area contributed by atoms with Gasteiger partial charge in [0.15, 0.2) is 0 Å². The third-order valence-corrected chi connectivity index (χ3v) is 12.8. The van der Waals surface area contributed by atoms with Crippen LogP contribution in [0.25, 0.3) is 0 Å². The number of fused-ring (bicyclic) bond motifs is 1. The lowest BCUT2D eigenvalue weighted by molar-refractivity contribution is -0.136. The maximum absolute atomic E-state index is 15.6. The van der Waals surface area contributed by atoms with Gasteiger partial charge >= 0.3 is 6.03 Å². The van der Waals surface area contributed by atoms with Gasteiger partial charge in [-0.15, -0.1) is 0 Å². The fourth-order valence-corrected chi connectivity index (χ4v) is 9.36. The van der Waals surface area contributed by atoms with Crippen molar-refractivity contribution < 1.29 is 28.4 Å². The van der Waals surface area contributed by atoms with Crippen LogP contribution in [0.3, 0.4) is 0 Å². The normalized spacial score (nSPS) is 23.0. The molecular formula is C43H47ClFN9O5. The quantitative estimate of drug-likeness (QED) is 0.314. The number of halogens is 2. The van der Waals surface area contributed by atoms with Gasteiger partial charge in [0.25, 0.3) is 11.8 Å². The minimum Gasteiger partial charge on any atom is -0.369 e. The second kappa shape index (κ2) is 16.5. The summed E-state index contributed by atoms with van der Waals surface area (Å²) in [5, 5.41) is 14.8. The minimum absolute atomic E-state index is 0.00637. The number of hydrogen-bond acceptors (Lipinski definition) is 10. The number of carbonyl (C=O) groups is 5. The summed E-state index contributed by atoms with van der Waals surface area (Å²) in [6.45, 7) is 10.7. The predicted octanol–water partition coefficient (Wildman–Crippen LogP) is 4.92. The van der Waals surface area contributed by atoms with Gasteiger partial charge in [-0.1, -0.05) is 11.6 Å². The number of benzene rings is 3. The predicted molar refractivity (Wildman–Crippen MR) is 221 cm³/mol. The molecule has 0 aliphatic carbocycles. The van der Waals surface area contributed by atoms with E-state index < -0.39 is 29.7 Å². The van der Waals surface area contributed by atoms with Crippen molar-refractivity contribution in [3.05, 3.63) is 82.1 Å². The summed E-state index contributed by atoms with van der Waals surface area (Å²) in [4.78, 5) is 75.6. The largest absolute Gasteiger partial charge is 0.369 e. The summed E-state index contributed by atoms with van der Waals surface area (Å²) in [7, 11) is 0. The zero-order valence-corrected chi connectivity index (χ0v) is 33.9. The van der Waals surface area contributed by atoms with E-state index >= 15 is 4.39 Å². The average Bonchev–Trinajstić information content (AvgIpc) is 3.47. The number of hydrogen-bond donors (Lipinski definition) is 2. The fraction of sp³-hybridized carbons (Fsp3) is 0.442. The molecule has 3 atom stereocenters. The molecule has 4 saturated heterocycles. The van der Waals surface area contributed by atoms with Crippen LogP contribution in [0, 0.1) is 23.1 Å². The molecule has 5 heterocycles. The molecule has 0 bridgehead atoms. The van der Waals surface area contributed by atoms with Gasteiger partial charge in [0.2, 0.25) is 11.8 Å². The average molecular weight is 824 g/mol. The minimum atomic E-state index is -0.991. The Balaban J connectivity index is 0.792. The van der Waals surface area contributed by atoms with Crippen molar-refractivity contribution in [1.82, 2.24) is 20.0 Å². The van der Waals surface area contributed by atoms with Crippen LogP contribution in [0.4, 0.5) is 31.9 Å². The molecule has 8 rings (SSSR count). The molecule has 0 spiro atoms. The number of nitrogens with zero attached hydrogens (tertiary/aromatic N) is 7. The molecule has 3 aromatic rings. The molecular weight excluding hydrogens is 777 g/mol. The Morgan fingerprint density at radius 2 is 1.58 bits per heavy atom. The van der Waals surface area contributed by atoms with E-state index in [0.717, 1.165) is 74.9 Å². The molecule has 59 heavy (non-hydrogen) atoms. The standard InChI is InChI=1S/C43H47ClFN9O5/c1-26-24-53(27(2)23-52(26)32-5-3-29(22-46)35(44)21-32)43(59)47-30-4-8-37(36(45)19-30)51-13-11-28(12-14-51)25-49-15-17-50(18-16-49)31-6-7-33-34(20-31)42(58)54(41(33)57)38-9-10-39(55)48-40(38)56/h3-8,19-21,26-28,38H,9-18,23-25H2,1-2H3,(H,47,59)(H,48,55,56)/t26-,27+,38?/m0/s1. The number of amides is 6. The highest BCUT2D eigenvalue weighted by molar-refractivity contribution is 6.32. The van der Waals surface area contributed by atoms with Crippen molar-refractivity contribution in [2.75, 3.05) is 78.9 Å². The lowest BCUT2D eigenvalue weighted by Crippen LogP contribution is -2.59. The highest BCUT2D eigenvalue weighted by Crippen LogP contribution is 2.33. The molecule has 3 aromatic carbocycles. The van der Waals surface area contributed by atoms with E-state index in [1.807, 2.05) is 26.0 Å². The number of urea groups is 1. The van der Waals surface area contributed by atoms with E-state index in [-0.39, 0.29) is 47.9 Å². The first-order valence-corrected chi connectivity index (χ1v) is 20.7. The maximum atomic E-state index is 15.6. The van der Waals surface area contributed by atoms with Gasteiger partial charge in [0, 0.05) is 94.5 Å². The van der Waals surface area contributed by atoms with E-state index in [2.05, 4.69) is 36.3 Å². The zero-order chi connectivity index (χ0) is 41.5. The molecule has 2 N–H and O–H groups in total. The van der Waals surface area contributed by atoms with Crippen LogP contribution < -0.4 is 25.3 Å². The second-order valence-corrected chi connectivity index (χ2v) is 16.7. The molecule has 4 fully saturated rings. The fourth-order valence-electron chi connectivity index (χ4n) is 9.14. The Morgan fingerprint density at radius 3 is 2.27 bits per heavy atom. The molecule has 0 saturated carbocycles. The number of anilines is 4. The van der Waals surface area contributed by atoms with Gasteiger partial charge in [-0.2, -0.15) is 5.26 Å². The lowest BCUT2D eigenvalue weighted by Gasteiger charge is -2.45. The van der Waals surface area contributed by atoms with Crippen LogP contribution in [0.15, 0.2) is 54.6 Å².